The quantitative estimate of drug-likeness (QED) is 0.291. The second-order valence-electron chi connectivity index (χ2n) is 8.08. The maximum Gasteiger partial charge on any atom is 0.200 e. The smallest absolute Gasteiger partial charge is 0.200 e. The number of hydrogen-bond donors (Lipinski definition) is 0. The molecule has 0 radical (unpaired) electrons. The molecule has 1 aliphatic rings. The Labute approximate surface area is 187 Å². The Morgan fingerprint density at radius 1 is 0.781 bits per heavy atom. The van der Waals surface area contributed by atoms with E-state index in [1.54, 1.807) is 26.0 Å². The van der Waals surface area contributed by atoms with Gasteiger partial charge in [-0.3, -0.25) is 0 Å². The largest absolute Gasteiger partial charge is 0.491 e. The summed E-state index contributed by atoms with van der Waals surface area (Å²) in [6.45, 7) is 4.01. The van der Waals surface area contributed by atoms with E-state index in [0.29, 0.717) is 29.9 Å². The van der Waals surface area contributed by atoms with E-state index in [4.69, 9.17) is 9.47 Å². The molecule has 2 aromatic carbocycles. The van der Waals surface area contributed by atoms with Gasteiger partial charge in [0.15, 0.2) is 23.1 Å². The summed E-state index contributed by atoms with van der Waals surface area (Å²) in [5, 5.41) is 0. The van der Waals surface area contributed by atoms with Crippen molar-refractivity contribution in [2.24, 2.45) is 5.92 Å². The molecule has 0 spiro atoms. The van der Waals surface area contributed by atoms with Crippen molar-refractivity contribution in [3.8, 4) is 11.5 Å². The van der Waals surface area contributed by atoms with Crippen LogP contribution in [-0.2, 0) is 6.42 Å². The zero-order valence-corrected chi connectivity index (χ0v) is 18.6. The lowest BCUT2D eigenvalue weighted by Crippen LogP contribution is -2.14. The van der Waals surface area contributed by atoms with Gasteiger partial charge in [-0.15, -0.1) is 0 Å². The monoisotopic (exact) mass is 450 g/mol. The average molecular weight is 451 g/mol. The van der Waals surface area contributed by atoms with Gasteiger partial charge < -0.3 is 9.47 Å². The molecule has 0 aliphatic heterocycles. The van der Waals surface area contributed by atoms with Gasteiger partial charge in [-0.25, -0.2) is 8.78 Å². The minimum absolute atomic E-state index is 0.00856. The first-order chi connectivity index (χ1) is 15.5. The molecule has 0 atom stereocenters. The highest BCUT2D eigenvalue weighted by molar-refractivity contribution is 5.33. The summed E-state index contributed by atoms with van der Waals surface area (Å²) in [6.07, 6.45) is 8.41. The van der Waals surface area contributed by atoms with Gasteiger partial charge in [0.05, 0.1) is 13.2 Å². The number of ether oxygens (including phenoxy) is 2. The highest BCUT2D eigenvalue weighted by Crippen LogP contribution is 2.39. The van der Waals surface area contributed by atoms with Crippen molar-refractivity contribution < 1.29 is 27.0 Å². The van der Waals surface area contributed by atoms with Crippen LogP contribution in [0.25, 0.3) is 0 Å². The lowest BCUT2D eigenvalue weighted by Gasteiger charge is -2.27. The zero-order valence-electron chi connectivity index (χ0n) is 18.6. The molecular formula is C26H30F4O2. The Bertz CT molecular complexity index is 934. The Balaban J connectivity index is 1.50. The molecule has 0 N–H and O–H groups in total. The van der Waals surface area contributed by atoms with E-state index in [1.807, 2.05) is 6.08 Å². The third kappa shape index (κ3) is 5.64. The average Bonchev–Trinajstić information content (AvgIpc) is 2.80. The van der Waals surface area contributed by atoms with E-state index in [2.05, 4.69) is 6.08 Å². The van der Waals surface area contributed by atoms with Gasteiger partial charge >= 0.3 is 0 Å². The SMILES string of the molecule is CCOc1ccc(CC/C=C/C2CCC(c3ccc(OCC)c(F)c3F)CC2)c(F)c1F. The lowest BCUT2D eigenvalue weighted by atomic mass is 9.78. The standard InChI is InChI=1S/C26H30F4O2/c1-3-31-21-15-13-19(23(27)25(21)29)8-6-5-7-17-9-11-18(12-10-17)20-14-16-22(32-4-2)26(30)24(20)28/h5,7,13-18H,3-4,6,8-12H2,1-2H3/b7-5+. The van der Waals surface area contributed by atoms with Crippen molar-refractivity contribution >= 4 is 0 Å². The second-order valence-corrected chi connectivity index (χ2v) is 8.08. The van der Waals surface area contributed by atoms with Crippen LogP contribution in [0.5, 0.6) is 11.5 Å². The third-order valence-corrected chi connectivity index (χ3v) is 6.00. The molecule has 1 saturated carbocycles. The number of halogens is 4. The summed E-state index contributed by atoms with van der Waals surface area (Å²) in [5.41, 5.74) is 0.744. The molecule has 0 unspecified atom stereocenters. The normalized spacial score (nSPS) is 18.8. The first kappa shape index (κ1) is 24.1. The molecule has 3 rings (SSSR count). The lowest BCUT2D eigenvalue weighted by molar-refractivity contribution is 0.310. The van der Waals surface area contributed by atoms with Crippen molar-refractivity contribution in [1.29, 1.82) is 0 Å². The van der Waals surface area contributed by atoms with E-state index < -0.39 is 23.3 Å². The van der Waals surface area contributed by atoms with Crippen LogP contribution in [0.15, 0.2) is 36.4 Å². The van der Waals surface area contributed by atoms with Gasteiger partial charge in [-0.2, -0.15) is 8.78 Å². The highest BCUT2D eigenvalue weighted by Gasteiger charge is 2.25. The molecule has 0 amide bonds. The molecule has 0 heterocycles. The van der Waals surface area contributed by atoms with Crippen molar-refractivity contribution in [3.63, 3.8) is 0 Å². The minimum atomic E-state index is -0.940. The predicted octanol–water partition coefficient (Wildman–Crippen LogP) is 7.50. The van der Waals surface area contributed by atoms with Crippen LogP contribution < -0.4 is 9.47 Å². The molecular weight excluding hydrogens is 420 g/mol. The Morgan fingerprint density at radius 2 is 1.38 bits per heavy atom. The van der Waals surface area contributed by atoms with Crippen LogP contribution >= 0.6 is 0 Å². The van der Waals surface area contributed by atoms with Crippen molar-refractivity contribution in [2.75, 3.05) is 13.2 Å². The van der Waals surface area contributed by atoms with Crippen LogP contribution in [0.1, 0.15) is 63.0 Å². The summed E-state index contributed by atoms with van der Waals surface area (Å²) in [6, 6.07) is 6.17. The fraction of sp³-hybridized carbons (Fsp3) is 0.462. The van der Waals surface area contributed by atoms with Gasteiger partial charge in [-0.05, 0) is 87.5 Å². The van der Waals surface area contributed by atoms with Crippen LogP contribution in [0.2, 0.25) is 0 Å². The molecule has 174 valence electrons. The zero-order chi connectivity index (χ0) is 23.1. The number of benzene rings is 2. The van der Waals surface area contributed by atoms with E-state index >= 15 is 0 Å². The maximum atomic E-state index is 14.5. The Kier molecular flexibility index (Phi) is 8.60. The fourth-order valence-electron chi connectivity index (χ4n) is 4.31. The summed E-state index contributed by atoms with van der Waals surface area (Å²) in [4.78, 5) is 0. The van der Waals surface area contributed by atoms with Crippen molar-refractivity contribution in [1.82, 2.24) is 0 Å². The van der Waals surface area contributed by atoms with Gasteiger partial charge in [0, 0.05) is 0 Å². The molecule has 0 aromatic heterocycles. The molecule has 2 aromatic rings. The fourth-order valence-corrected chi connectivity index (χ4v) is 4.31. The first-order valence-corrected chi connectivity index (χ1v) is 11.3. The van der Waals surface area contributed by atoms with Gasteiger partial charge in [0.2, 0.25) is 11.6 Å². The van der Waals surface area contributed by atoms with E-state index in [0.717, 1.165) is 25.7 Å². The summed E-state index contributed by atoms with van der Waals surface area (Å²) in [5.74, 6) is -3.28. The topological polar surface area (TPSA) is 18.5 Å². The third-order valence-electron chi connectivity index (χ3n) is 6.00. The van der Waals surface area contributed by atoms with Crippen molar-refractivity contribution in [2.45, 2.75) is 58.3 Å². The van der Waals surface area contributed by atoms with E-state index in [9.17, 15) is 17.6 Å². The molecule has 6 heteroatoms. The summed E-state index contributed by atoms with van der Waals surface area (Å²) < 4.78 is 67.0. The summed E-state index contributed by atoms with van der Waals surface area (Å²) >= 11 is 0. The summed E-state index contributed by atoms with van der Waals surface area (Å²) in [7, 11) is 0. The highest BCUT2D eigenvalue weighted by atomic mass is 19.2. The molecule has 32 heavy (non-hydrogen) atoms. The van der Waals surface area contributed by atoms with Crippen LogP contribution in [0.4, 0.5) is 17.6 Å². The number of aryl methyl sites for hydroxylation is 1. The van der Waals surface area contributed by atoms with Crippen LogP contribution in [0, 0.1) is 29.2 Å². The molecule has 1 fully saturated rings. The van der Waals surface area contributed by atoms with Crippen molar-refractivity contribution in [3.05, 3.63) is 70.8 Å². The number of rotatable bonds is 9. The first-order valence-electron chi connectivity index (χ1n) is 11.3. The van der Waals surface area contributed by atoms with E-state index in [1.165, 1.54) is 12.1 Å². The van der Waals surface area contributed by atoms with Gasteiger partial charge in [0.1, 0.15) is 0 Å². The minimum Gasteiger partial charge on any atom is -0.491 e. The van der Waals surface area contributed by atoms with Gasteiger partial charge in [-0.1, -0.05) is 24.3 Å². The molecule has 0 bridgehead atoms. The van der Waals surface area contributed by atoms with Crippen LogP contribution in [-0.4, -0.2) is 13.2 Å². The Hall–Kier alpha value is -2.50. The number of hydrogen-bond acceptors (Lipinski definition) is 2. The molecule has 0 saturated heterocycles. The Morgan fingerprint density at radius 3 is 2.00 bits per heavy atom. The van der Waals surface area contributed by atoms with Crippen LogP contribution in [0.3, 0.4) is 0 Å². The van der Waals surface area contributed by atoms with Gasteiger partial charge in [0.25, 0.3) is 0 Å². The predicted molar refractivity (Wildman–Crippen MR) is 117 cm³/mol. The maximum absolute atomic E-state index is 14.5. The number of allylic oxidation sites excluding steroid dienone is 2. The van der Waals surface area contributed by atoms with E-state index in [-0.39, 0.29) is 30.6 Å². The second kappa shape index (κ2) is 11.4. The molecule has 1 aliphatic carbocycles. The molecule has 2 nitrogen and oxygen atoms in total.